The molecule has 5 rings (SSSR count). The van der Waals surface area contributed by atoms with Crippen molar-refractivity contribution in [2.45, 2.75) is 6.54 Å². The molecule has 5 aromatic rings. The molecule has 0 bridgehead atoms. The van der Waals surface area contributed by atoms with Crippen LogP contribution in [-0.2, 0) is 6.54 Å². The van der Waals surface area contributed by atoms with Crippen molar-refractivity contribution in [1.29, 1.82) is 0 Å². The summed E-state index contributed by atoms with van der Waals surface area (Å²) in [4.78, 5) is 8.57. The number of fused-ring (bicyclic) bond motifs is 2. The third-order valence-corrected chi connectivity index (χ3v) is 4.74. The van der Waals surface area contributed by atoms with Gasteiger partial charge in [0.2, 0.25) is 5.88 Å². The summed E-state index contributed by atoms with van der Waals surface area (Å²) in [6.45, 7) is 0.224. The molecule has 0 aliphatic rings. The Balaban J connectivity index is 1.52. The van der Waals surface area contributed by atoms with Crippen molar-refractivity contribution in [3.63, 3.8) is 0 Å². The summed E-state index contributed by atoms with van der Waals surface area (Å²) in [5.41, 5.74) is 3.56. The molecule has 1 N–H and O–H groups in total. The van der Waals surface area contributed by atoms with Gasteiger partial charge in [-0.1, -0.05) is 18.2 Å². The number of benzene rings is 1. The van der Waals surface area contributed by atoms with E-state index in [1.165, 1.54) is 6.07 Å². The summed E-state index contributed by atoms with van der Waals surface area (Å²) in [6, 6.07) is 14.4. The lowest BCUT2D eigenvalue weighted by atomic mass is 10.1. The van der Waals surface area contributed by atoms with E-state index in [0.717, 1.165) is 16.9 Å². The second-order valence-corrected chi connectivity index (χ2v) is 6.40. The number of hydrogen-bond donors (Lipinski definition) is 1. The first-order chi connectivity index (χ1) is 13.2. The second kappa shape index (κ2) is 5.95. The van der Waals surface area contributed by atoms with E-state index in [4.69, 9.17) is 0 Å². The highest BCUT2D eigenvalue weighted by Crippen LogP contribution is 2.28. The Hall–Kier alpha value is -3.67. The smallest absolute Gasteiger partial charge is 0.201 e. The second-order valence-electron chi connectivity index (χ2n) is 6.40. The van der Waals surface area contributed by atoms with E-state index >= 15 is 0 Å². The highest BCUT2D eigenvalue weighted by atomic mass is 19.1. The number of halogens is 1. The average molecular weight is 358 g/mol. The molecular weight excluding hydrogens is 343 g/mol. The molecule has 0 amide bonds. The van der Waals surface area contributed by atoms with E-state index in [-0.39, 0.29) is 18.2 Å². The number of rotatable bonds is 3. The van der Waals surface area contributed by atoms with Crippen LogP contribution in [0.2, 0.25) is 0 Å². The van der Waals surface area contributed by atoms with Crippen LogP contribution in [0, 0.1) is 5.82 Å². The van der Waals surface area contributed by atoms with Gasteiger partial charge in [0, 0.05) is 29.7 Å². The van der Waals surface area contributed by atoms with Crippen LogP contribution in [-0.4, -0.2) is 24.0 Å². The van der Waals surface area contributed by atoms with E-state index in [9.17, 15) is 9.50 Å². The standard InChI is InChI=1S/C21H15FN4O/c22-17-10-14(19-11-24-20-5-1-2-9-26(19)20)6-7-15(17)12-25-13-18-16(21(25)27)4-3-8-23-18/h1-11,13,27H,12H2. The molecule has 0 aliphatic heterocycles. The lowest BCUT2D eigenvalue weighted by molar-refractivity contribution is 0.428. The minimum absolute atomic E-state index is 0.0864. The van der Waals surface area contributed by atoms with Gasteiger partial charge in [-0.2, -0.15) is 0 Å². The molecule has 6 heteroatoms. The molecule has 0 aliphatic carbocycles. The number of hydrogen-bond acceptors (Lipinski definition) is 3. The molecule has 1 aromatic carbocycles. The lowest BCUT2D eigenvalue weighted by Crippen LogP contribution is -2.00. The summed E-state index contributed by atoms with van der Waals surface area (Å²) >= 11 is 0. The maximum Gasteiger partial charge on any atom is 0.201 e. The Kier molecular flexibility index (Phi) is 3.43. The Labute approximate surface area is 154 Å². The molecule has 5 nitrogen and oxygen atoms in total. The highest BCUT2D eigenvalue weighted by Gasteiger charge is 2.13. The van der Waals surface area contributed by atoms with Crippen LogP contribution in [0.3, 0.4) is 0 Å². The first kappa shape index (κ1) is 15.6. The van der Waals surface area contributed by atoms with Crippen LogP contribution in [0.15, 0.2) is 73.3 Å². The molecule has 4 heterocycles. The van der Waals surface area contributed by atoms with E-state index in [2.05, 4.69) is 9.97 Å². The summed E-state index contributed by atoms with van der Waals surface area (Å²) in [5.74, 6) is -0.244. The SMILES string of the molecule is Oc1c2cccnc2cn1Cc1ccc(-c2cnc3ccccn23)cc1F. The molecule has 0 fully saturated rings. The van der Waals surface area contributed by atoms with Gasteiger partial charge >= 0.3 is 0 Å². The zero-order valence-electron chi connectivity index (χ0n) is 14.2. The Morgan fingerprint density at radius 1 is 1.04 bits per heavy atom. The molecule has 0 radical (unpaired) electrons. The first-order valence-corrected chi connectivity index (χ1v) is 8.54. The summed E-state index contributed by atoms with van der Waals surface area (Å²) < 4.78 is 18.3. The Morgan fingerprint density at radius 3 is 2.81 bits per heavy atom. The van der Waals surface area contributed by atoms with Crippen molar-refractivity contribution in [3.05, 3.63) is 84.7 Å². The largest absolute Gasteiger partial charge is 0.494 e. The van der Waals surface area contributed by atoms with Gasteiger partial charge in [0.05, 0.1) is 29.3 Å². The molecule has 0 atom stereocenters. The summed E-state index contributed by atoms with van der Waals surface area (Å²) in [6.07, 6.45) is 7.03. The van der Waals surface area contributed by atoms with Crippen LogP contribution in [0.4, 0.5) is 4.39 Å². The van der Waals surface area contributed by atoms with Crippen molar-refractivity contribution in [3.8, 4) is 17.1 Å². The van der Waals surface area contributed by atoms with Crippen LogP contribution in [0.1, 0.15) is 5.56 Å². The Morgan fingerprint density at radius 2 is 1.96 bits per heavy atom. The molecule has 0 saturated heterocycles. The number of aromatic hydroxyl groups is 1. The van der Waals surface area contributed by atoms with E-state index < -0.39 is 0 Å². The van der Waals surface area contributed by atoms with Crippen LogP contribution < -0.4 is 0 Å². The molecule has 132 valence electrons. The van der Waals surface area contributed by atoms with Crippen molar-refractivity contribution in [1.82, 2.24) is 18.9 Å². The fourth-order valence-corrected chi connectivity index (χ4v) is 3.36. The van der Waals surface area contributed by atoms with Gasteiger partial charge in [0.1, 0.15) is 11.5 Å². The van der Waals surface area contributed by atoms with Gasteiger partial charge in [-0.3, -0.25) is 9.38 Å². The number of imidazole rings is 1. The van der Waals surface area contributed by atoms with Gasteiger partial charge in [-0.15, -0.1) is 0 Å². The van der Waals surface area contributed by atoms with Gasteiger partial charge in [0.25, 0.3) is 0 Å². The fourth-order valence-electron chi connectivity index (χ4n) is 3.36. The average Bonchev–Trinajstić information content (AvgIpc) is 3.25. The molecule has 0 saturated carbocycles. The maximum atomic E-state index is 14.8. The third-order valence-electron chi connectivity index (χ3n) is 4.74. The minimum atomic E-state index is -0.330. The molecule has 27 heavy (non-hydrogen) atoms. The van der Waals surface area contributed by atoms with E-state index in [1.807, 2.05) is 34.9 Å². The monoisotopic (exact) mass is 358 g/mol. The lowest BCUT2D eigenvalue weighted by Gasteiger charge is -2.08. The number of pyridine rings is 2. The molecular formula is C21H15FN4O. The number of nitrogens with zero attached hydrogens (tertiary/aromatic N) is 4. The third kappa shape index (κ3) is 2.54. The van der Waals surface area contributed by atoms with Crippen LogP contribution in [0.25, 0.3) is 27.8 Å². The quantitative estimate of drug-likeness (QED) is 0.525. The Bertz CT molecular complexity index is 1290. The van der Waals surface area contributed by atoms with Gasteiger partial charge in [-0.25, -0.2) is 9.37 Å². The van der Waals surface area contributed by atoms with Gasteiger partial charge in [0.15, 0.2) is 0 Å². The van der Waals surface area contributed by atoms with Gasteiger partial charge < -0.3 is 9.67 Å². The molecule has 0 unspecified atom stereocenters. The molecule has 0 spiro atoms. The zero-order chi connectivity index (χ0) is 18.4. The van der Waals surface area contributed by atoms with Crippen molar-refractivity contribution >= 4 is 16.6 Å². The molecule has 4 aromatic heterocycles. The fraction of sp³-hybridized carbons (Fsp3) is 0.0476. The minimum Gasteiger partial charge on any atom is -0.494 e. The highest BCUT2D eigenvalue weighted by molar-refractivity contribution is 5.84. The van der Waals surface area contributed by atoms with E-state index in [1.54, 1.807) is 41.4 Å². The predicted molar refractivity (Wildman–Crippen MR) is 101 cm³/mol. The summed E-state index contributed by atoms with van der Waals surface area (Å²) in [5, 5.41) is 11.0. The van der Waals surface area contributed by atoms with Gasteiger partial charge in [-0.05, 0) is 30.3 Å². The number of aromatic nitrogens is 4. The zero-order valence-corrected chi connectivity index (χ0v) is 14.2. The van der Waals surface area contributed by atoms with Crippen LogP contribution in [0.5, 0.6) is 5.88 Å². The van der Waals surface area contributed by atoms with E-state index in [0.29, 0.717) is 16.5 Å². The van der Waals surface area contributed by atoms with Crippen molar-refractivity contribution < 1.29 is 9.50 Å². The predicted octanol–water partition coefficient (Wildman–Crippen LogP) is 4.24. The van der Waals surface area contributed by atoms with Crippen molar-refractivity contribution in [2.75, 3.05) is 0 Å². The maximum absolute atomic E-state index is 14.8. The topological polar surface area (TPSA) is 55.4 Å². The summed E-state index contributed by atoms with van der Waals surface area (Å²) in [7, 11) is 0. The van der Waals surface area contributed by atoms with Crippen molar-refractivity contribution in [2.24, 2.45) is 0 Å². The van der Waals surface area contributed by atoms with Crippen LogP contribution >= 0.6 is 0 Å². The first-order valence-electron chi connectivity index (χ1n) is 8.54. The normalized spacial score (nSPS) is 11.4.